The first-order valence-corrected chi connectivity index (χ1v) is 11.0. The maximum absolute atomic E-state index is 3.81. The molecule has 25 heavy (non-hydrogen) atoms. The summed E-state index contributed by atoms with van der Waals surface area (Å²) in [5.41, 5.74) is 1.21. The fraction of sp³-hybridized carbons (Fsp3) is 1.00. The highest BCUT2D eigenvalue weighted by Crippen LogP contribution is 2.58. The number of nitrogens with one attached hydrogen (secondary N) is 1. The van der Waals surface area contributed by atoms with Crippen LogP contribution in [0.25, 0.3) is 0 Å². The summed E-state index contributed by atoms with van der Waals surface area (Å²) >= 11 is 0. The molecule has 2 saturated carbocycles. The Morgan fingerprint density at radius 1 is 0.800 bits per heavy atom. The Kier molecular flexibility index (Phi) is 5.37. The van der Waals surface area contributed by atoms with Crippen molar-refractivity contribution < 1.29 is 0 Å². The lowest BCUT2D eigenvalue weighted by Crippen LogP contribution is -2.47. The van der Waals surface area contributed by atoms with Gasteiger partial charge in [-0.2, -0.15) is 0 Å². The van der Waals surface area contributed by atoms with Crippen LogP contribution in [0.5, 0.6) is 0 Å². The van der Waals surface area contributed by atoms with Gasteiger partial charge in [0.1, 0.15) is 0 Å². The zero-order valence-electron chi connectivity index (χ0n) is 18.1. The lowest BCUT2D eigenvalue weighted by Gasteiger charge is -2.41. The van der Waals surface area contributed by atoms with Crippen LogP contribution in [0.15, 0.2) is 0 Å². The Labute approximate surface area is 157 Å². The Balaban J connectivity index is 1.46. The molecule has 2 nitrogen and oxygen atoms in total. The van der Waals surface area contributed by atoms with Gasteiger partial charge < -0.3 is 5.32 Å². The predicted molar refractivity (Wildman–Crippen MR) is 109 cm³/mol. The number of piperidine rings is 1. The number of hydrogen-bond acceptors (Lipinski definition) is 2. The largest absolute Gasteiger partial charge is 0.309 e. The molecule has 2 heteroatoms. The number of hydrogen-bond donors (Lipinski definition) is 1. The highest BCUT2D eigenvalue weighted by Gasteiger charge is 2.52. The Morgan fingerprint density at radius 2 is 1.44 bits per heavy atom. The highest BCUT2D eigenvalue weighted by molar-refractivity contribution is 5.05. The summed E-state index contributed by atoms with van der Waals surface area (Å²) in [4.78, 5) is 2.78. The van der Waals surface area contributed by atoms with E-state index in [9.17, 15) is 0 Å². The first-order valence-electron chi connectivity index (χ1n) is 11.0. The van der Waals surface area contributed by atoms with Crippen LogP contribution in [0.2, 0.25) is 0 Å². The van der Waals surface area contributed by atoms with E-state index in [1.165, 1.54) is 58.0 Å². The second-order valence-electron chi connectivity index (χ2n) is 11.9. The molecule has 0 aromatic carbocycles. The molecule has 3 rings (SSSR count). The summed E-state index contributed by atoms with van der Waals surface area (Å²) in [6.07, 6.45) is 9.98. The van der Waals surface area contributed by atoms with Crippen LogP contribution in [-0.4, -0.2) is 35.1 Å². The van der Waals surface area contributed by atoms with Crippen molar-refractivity contribution >= 4 is 0 Å². The molecule has 0 spiro atoms. The maximum Gasteiger partial charge on any atom is 0.0156 e. The van der Waals surface area contributed by atoms with Crippen molar-refractivity contribution in [1.82, 2.24) is 10.2 Å². The van der Waals surface area contributed by atoms with Crippen LogP contribution in [0.1, 0.15) is 93.4 Å². The minimum absolute atomic E-state index is 0.268. The van der Waals surface area contributed by atoms with Gasteiger partial charge in [-0.15, -0.1) is 0 Å². The fourth-order valence-corrected chi connectivity index (χ4v) is 5.73. The van der Waals surface area contributed by atoms with Crippen LogP contribution in [0.4, 0.5) is 0 Å². The van der Waals surface area contributed by atoms with E-state index in [0.29, 0.717) is 11.0 Å². The Morgan fingerprint density at radius 3 is 2.04 bits per heavy atom. The van der Waals surface area contributed by atoms with Gasteiger partial charge in [0.15, 0.2) is 0 Å². The van der Waals surface area contributed by atoms with E-state index >= 15 is 0 Å². The third-order valence-corrected chi connectivity index (χ3v) is 7.23. The molecular weight excluding hydrogens is 304 g/mol. The lowest BCUT2D eigenvalue weighted by molar-refractivity contribution is 0.0786. The third kappa shape index (κ3) is 5.22. The predicted octanol–water partition coefficient (Wildman–Crippen LogP) is 5.47. The van der Waals surface area contributed by atoms with Crippen LogP contribution in [0.3, 0.4) is 0 Å². The van der Waals surface area contributed by atoms with Crippen LogP contribution in [-0.2, 0) is 0 Å². The fourth-order valence-electron chi connectivity index (χ4n) is 5.73. The molecule has 4 unspecified atom stereocenters. The molecule has 0 amide bonds. The van der Waals surface area contributed by atoms with E-state index in [4.69, 9.17) is 0 Å². The van der Waals surface area contributed by atoms with Crippen LogP contribution >= 0.6 is 0 Å². The minimum Gasteiger partial charge on any atom is -0.309 e. The molecule has 1 aliphatic heterocycles. The van der Waals surface area contributed by atoms with Crippen molar-refractivity contribution in [1.29, 1.82) is 0 Å². The van der Waals surface area contributed by atoms with E-state index in [0.717, 1.165) is 23.8 Å². The van der Waals surface area contributed by atoms with E-state index < -0.39 is 0 Å². The van der Waals surface area contributed by atoms with Gasteiger partial charge in [-0.1, -0.05) is 20.3 Å². The van der Waals surface area contributed by atoms with Crippen molar-refractivity contribution in [2.75, 3.05) is 13.1 Å². The summed E-state index contributed by atoms with van der Waals surface area (Å²) in [5.74, 6) is 2.86. The normalized spacial score (nSPS) is 34.2. The molecule has 3 fully saturated rings. The lowest BCUT2D eigenvalue weighted by atomic mass is 9.79. The van der Waals surface area contributed by atoms with Crippen molar-refractivity contribution in [3.8, 4) is 0 Å². The van der Waals surface area contributed by atoms with Gasteiger partial charge >= 0.3 is 0 Å². The second kappa shape index (κ2) is 6.82. The summed E-state index contributed by atoms with van der Waals surface area (Å²) < 4.78 is 0. The quantitative estimate of drug-likeness (QED) is 0.656. The SMILES string of the molecule is CC(C)(C)NC1CC1CC(C)(C)C1CC1CC(C)(C)N1CCCCC1. The van der Waals surface area contributed by atoms with Gasteiger partial charge in [0.05, 0.1) is 0 Å². The molecule has 1 N–H and O–H groups in total. The average molecular weight is 349 g/mol. The molecule has 0 aromatic rings. The van der Waals surface area contributed by atoms with Crippen LogP contribution < -0.4 is 5.32 Å². The molecular formula is C23H44N2. The van der Waals surface area contributed by atoms with E-state index in [2.05, 4.69) is 58.7 Å². The summed E-state index contributed by atoms with van der Waals surface area (Å²) in [5, 5.41) is 3.81. The molecule has 0 radical (unpaired) electrons. The Hall–Kier alpha value is -0.0800. The summed E-state index contributed by atoms with van der Waals surface area (Å²) in [7, 11) is 0. The topological polar surface area (TPSA) is 15.3 Å². The van der Waals surface area contributed by atoms with Gasteiger partial charge in [0.25, 0.3) is 0 Å². The number of rotatable bonds is 7. The maximum atomic E-state index is 3.81. The first-order chi connectivity index (χ1) is 11.5. The highest BCUT2D eigenvalue weighted by atomic mass is 15.2. The molecule has 0 bridgehead atoms. The zero-order valence-corrected chi connectivity index (χ0v) is 18.1. The number of likely N-dealkylation sites (tertiary alicyclic amines) is 1. The summed E-state index contributed by atoms with van der Waals surface area (Å²) in [6, 6.07) is 0.779. The molecule has 1 saturated heterocycles. The Bertz CT molecular complexity index is 453. The van der Waals surface area contributed by atoms with Crippen molar-refractivity contribution in [3.05, 3.63) is 0 Å². The smallest absolute Gasteiger partial charge is 0.0156 e. The third-order valence-electron chi connectivity index (χ3n) is 7.23. The van der Waals surface area contributed by atoms with Gasteiger partial charge in [0, 0.05) is 17.1 Å². The standard InChI is InChI=1S/C23H44N2/c1-21(2,3)24-20-14-18(20)15-22(4,5)19-13-17(19)16-23(6,7)25-11-9-8-10-12-25/h17-20,24H,8-16H2,1-7H3. The van der Waals surface area contributed by atoms with Gasteiger partial charge in [0.2, 0.25) is 0 Å². The summed E-state index contributed by atoms with van der Waals surface area (Å²) in [6.45, 7) is 19.7. The molecule has 4 atom stereocenters. The number of nitrogens with zero attached hydrogens (tertiary/aromatic N) is 1. The minimum atomic E-state index is 0.268. The van der Waals surface area contributed by atoms with Crippen LogP contribution in [0, 0.1) is 23.2 Å². The zero-order chi connectivity index (χ0) is 18.5. The first kappa shape index (κ1) is 19.7. The molecule has 3 aliphatic rings. The molecule has 2 aliphatic carbocycles. The molecule has 1 heterocycles. The van der Waals surface area contributed by atoms with E-state index in [1.54, 1.807) is 0 Å². The van der Waals surface area contributed by atoms with Crippen molar-refractivity contribution in [2.24, 2.45) is 23.2 Å². The average Bonchev–Trinajstić information content (AvgIpc) is 3.37. The van der Waals surface area contributed by atoms with Gasteiger partial charge in [-0.3, -0.25) is 4.90 Å². The van der Waals surface area contributed by atoms with Crippen molar-refractivity contribution in [3.63, 3.8) is 0 Å². The molecule has 0 aromatic heterocycles. The second-order valence-corrected chi connectivity index (χ2v) is 11.9. The van der Waals surface area contributed by atoms with E-state index in [1.807, 2.05) is 0 Å². The monoisotopic (exact) mass is 348 g/mol. The van der Waals surface area contributed by atoms with Gasteiger partial charge in [-0.25, -0.2) is 0 Å². The molecule has 146 valence electrons. The van der Waals surface area contributed by atoms with Crippen molar-refractivity contribution in [2.45, 2.75) is 111 Å². The van der Waals surface area contributed by atoms with Gasteiger partial charge in [-0.05, 0) is 109 Å². The van der Waals surface area contributed by atoms with E-state index in [-0.39, 0.29) is 5.54 Å².